The van der Waals surface area contributed by atoms with Crippen LogP contribution in [0.3, 0.4) is 0 Å². The smallest absolute Gasteiger partial charge is 0.225 e. The summed E-state index contributed by atoms with van der Waals surface area (Å²) in [6, 6.07) is 8.00. The molecule has 1 aliphatic carbocycles. The average molecular weight is 470 g/mol. The Morgan fingerprint density at radius 3 is 2.70 bits per heavy atom. The van der Waals surface area contributed by atoms with Crippen LogP contribution in [0.15, 0.2) is 30.5 Å². The molecule has 8 nitrogen and oxygen atoms in total. The molecule has 2 fully saturated rings. The van der Waals surface area contributed by atoms with E-state index in [-0.39, 0.29) is 5.54 Å². The number of benzene rings is 1. The van der Waals surface area contributed by atoms with Gasteiger partial charge in [0.05, 0.1) is 6.20 Å². The van der Waals surface area contributed by atoms with E-state index in [4.69, 9.17) is 32.0 Å². The first-order valence-electron chi connectivity index (χ1n) is 11.9. The molecule has 1 aliphatic heterocycles. The maximum Gasteiger partial charge on any atom is 0.225 e. The highest BCUT2D eigenvalue weighted by molar-refractivity contribution is 6.30. The molecule has 1 saturated carbocycles. The molecule has 176 valence electrons. The number of nitrogens with one attached hydrogen (secondary N) is 2. The third-order valence-corrected chi connectivity index (χ3v) is 7.27. The van der Waals surface area contributed by atoms with Crippen molar-refractivity contribution < 1.29 is 4.74 Å². The molecule has 3 heterocycles. The van der Waals surface area contributed by atoms with E-state index in [1.807, 2.05) is 30.5 Å². The highest BCUT2D eigenvalue weighted by Crippen LogP contribution is 2.37. The first-order chi connectivity index (χ1) is 16.0. The number of imidazole rings is 1. The zero-order chi connectivity index (χ0) is 22.8. The van der Waals surface area contributed by atoms with Crippen molar-refractivity contribution in [3.8, 4) is 0 Å². The highest BCUT2D eigenvalue weighted by Gasteiger charge is 2.30. The molecule has 1 saturated heterocycles. The summed E-state index contributed by atoms with van der Waals surface area (Å²) in [6.07, 6.45) is 8.02. The van der Waals surface area contributed by atoms with Crippen LogP contribution in [-0.2, 0) is 4.74 Å². The van der Waals surface area contributed by atoms with Gasteiger partial charge in [0.25, 0.3) is 0 Å². The molecular weight excluding hydrogens is 438 g/mol. The maximum atomic E-state index is 6.22. The lowest BCUT2D eigenvalue weighted by atomic mass is 9.86. The third-order valence-electron chi connectivity index (χ3n) is 7.04. The van der Waals surface area contributed by atoms with E-state index in [0.717, 1.165) is 81.1 Å². The van der Waals surface area contributed by atoms with Crippen molar-refractivity contribution in [2.24, 2.45) is 11.7 Å². The van der Waals surface area contributed by atoms with Gasteiger partial charge in [-0.2, -0.15) is 4.98 Å². The van der Waals surface area contributed by atoms with Crippen LogP contribution in [0.4, 0.5) is 17.6 Å². The van der Waals surface area contributed by atoms with Crippen molar-refractivity contribution in [1.82, 2.24) is 19.5 Å². The molecule has 2 aliphatic rings. The molecular formula is C24H32ClN7O. The van der Waals surface area contributed by atoms with Gasteiger partial charge in [-0.05, 0) is 76.1 Å². The van der Waals surface area contributed by atoms with Crippen molar-refractivity contribution in [2.75, 3.05) is 30.4 Å². The normalized spacial score (nSPS) is 22.9. The predicted octanol–water partition coefficient (Wildman–Crippen LogP) is 4.89. The Hall–Kier alpha value is -2.42. The lowest BCUT2D eigenvalue weighted by Crippen LogP contribution is -2.41. The summed E-state index contributed by atoms with van der Waals surface area (Å²) in [7, 11) is 0. The fourth-order valence-electron chi connectivity index (χ4n) is 4.94. The number of anilines is 3. The minimum absolute atomic E-state index is 0.0716. The standard InChI is InChI=1S/C24H32ClN7O/c1-24(9-11-33-12-10-24)31-22-27-15-20-21(30-22)32(19-7-5-16(14-26)6-8-19)23(29-20)28-18-4-2-3-17(25)13-18/h2-4,13,15-16,19H,5-12,14,26H2,1H3,(H,28,29)(H,27,30,31). The fraction of sp³-hybridized carbons (Fsp3) is 0.542. The number of nitrogens with two attached hydrogens (primary N) is 1. The zero-order valence-electron chi connectivity index (χ0n) is 19.1. The summed E-state index contributed by atoms with van der Waals surface area (Å²) in [5, 5.41) is 7.72. The molecule has 4 N–H and O–H groups in total. The first kappa shape index (κ1) is 22.4. The van der Waals surface area contributed by atoms with Crippen molar-refractivity contribution >= 4 is 40.3 Å². The Balaban J connectivity index is 1.51. The Labute approximate surface area is 199 Å². The SMILES string of the molecule is CC1(Nc2ncc3nc(Nc4cccc(Cl)c4)n(C4CCC(CN)CC4)c3n2)CCOCC1. The molecule has 0 amide bonds. The molecule has 9 heteroatoms. The quantitative estimate of drug-likeness (QED) is 0.472. The van der Waals surface area contributed by atoms with E-state index in [0.29, 0.717) is 22.9 Å². The van der Waals surface area contributed by atoms with Crippen molar-refractivity contribution in [3.05, 3.63) is 35.5 Å². The summed E-state index contributed by atoms with van der Waals surface area (Å²) in [5.74, 6) is 2.01. The van der Waals surface area contributed by atoms with E-state index in [2.05, 4.69) is 27.1 Å². The first-order valence-corrected chi connectivity index (χ1v) is 12.2. The van der Waals surface area contributed by atoms with Gasteiger partial charge in [0.2, 0.25) is 11.9 Å². The second-order valence-corrected chi connectivity index (χ2v) is 9.99. The van der Waals surface area contributed by atoms with Gasteiger partial charge in [0, 0.05) is 35.5 Å². The second-order valence-electron chi connectivity index (χ2n) is 9.55. The number of ether oxygens (including phenoxy) is 1. The van der Waals surface area contributed by atoms with Gasteiger partial charge in [0.1, 0.15) is 5.52 Å². The van der Waals surface area contributed by atoms with Crippen LogP contribution in [0.1, 0.15) is 51.5 Å². The summed E-state index contributed by atoms with van der Waals surface area (Å²) >= 11 is 6.22. The summed E-state index contributed by atoms with van der Waals surface area (Å²) in [6.45, 7) is 4.47. The minimum atomic E-state index is -0.0716. The van der Waals surface area contributed by atoms with Gasteiger partial charge in [-0.15, -0.1) is 0 Å². The third kappa shape index (κ3) is 4.93. The van der Waals surface area contributed by atoms with Crippen molar-refractivity contribution in [1.29, 1.82) is 0 Å². The van der Waals surface area contributed by atoms with Gasteiger partial charge < -0.3 is 21.1 Å². The topological polar surface area (TPSA) is 103 Å². The van der Waals surface area contributed by atoms with Gasteiger partial charge in [0.15, 0.2) is 5.65 Å². The van der Waals surface area contributed by atoms with Crippen molar-refractivity contribution in [3.63, 3.8) is 0 Å². The lowest BCUT2D eigenvalue weighted by Gasteiger charge is -2.34. The van der Waals surface area contributed by atoms with E-state index >= 15 is 0 Å². The summed E-state index contributed by atoms with van der Waals surface area (Å²) in [5.41, 5.74) is 8.40. The molecule has 0 spiro atoms. The van der Waals surface area contributed by atoms with Crippen LogP contribution in [0.5, 0.6) is 0 Å². The fourth-order valence-corrected chi connectivity index (χ4v) is 5.13. The molecule has 0 unspecified atom stereocenters. The van der Waals surface area contributed by atoms with Crippen LogP contribution in [0.2, 0.25) is 5.02 Å². The zero-order valence-corrected chi connectivity index (χ0v) is 19.8. The number of aromatic nitrogens is 4. The molecule has 0 radical (unpaired) electrons. The molecule has 0 atom stereocenters. The number of hydrogen-bond donors (Lipinski definition) is 3. The van der Waals surface area contributed by atoms with Crippen LogP contribution in [0.25, 0.3) is 11.2 Å². The Morgan fingerprint density at radius 2 is 1.97 bits per heavy atom. The maximum absolute atomic E-state index is 6.22. The number of rotatable bonds is 6. The van der Waals surface area contributed by atoms with E-state index in [1.165, 1.54) is 0 Å². The highest BCUT2D eigenvalue weighted by atomic mass is 35.5. The Morgan fingerprint density at radius 1 is 1.18 bits per heavy atom. The predicted molar refractivity (Wildman–Crippen MR) is 132 cm³/mol. The number of nitrogens with zero attached hydrogens (tertiary/aromatic N) is 4. The molecule has 2 aromatic heterocycles. The van der Waals surface area contributed by atoms with Crippen LogP contribution in [0, 0.1) is 5.92 Å². The number of fused-ring (bicyclic) bond motifs is 1. The van der Waals surface area contributed by atoms with Crippen LogP contribution in [-0.4, -0.2) is 44.8 Å². The summed E-state index contributed by atoms with van der Waals surface area (Å²) in [4.78, 5) is 14.4. The van der Waals surface area contributed by atoms with Gasteiger partial charge >= 0.3 is 0 Å². The molecule has 3 aromatic rings. The minimum Gasteiger partial charge on any atom is -0.381 e. The van der Waals surface area contributed by atoms with Crippen LogP contribution >= 0.6 is 11.6 Å². The van der Waals surface area contributed by atoms with Gasteiger partial charge in [-0.25, -0.2) is 9.97 Å². The van der Waals surface area contributed by atoms with E-state index in [1.54, 1.807) is 0 Å². The van der Waals surface area contributed by atoms with Gasteiger partial charge in [-0.1, -0.05) is 17.7 Å². The van der Waals surface area contributed by atoms with Crippen molar-refractivity contribution in [2.45, 2.75) is 57.0 Å². The van der Waals surface area contributed by atoms with E-state index < -0.39 is 0 Å². The monoisotopic (exact) mass is 469 g/mol. The Kier molecular flexibility index (Phi) is 6.40. The van der Waals surface area contributed by atoms with Gasteiger partial charge in [-0.3, -0.25) is 4.57 Å². The molecule has 5 rings (SSSR count). The molecule has 33 heavy (non-hydrogen) atoms. The molecule has 1 aromatic carbocycles. The molecule has 0 bridgehead atoms. The largest absolute Gasteiger partial charge is 0.381 e. The summed E-state index contributed by atoms with van der Waals surface area (Å²) < 4.78 is 7.79. The Bertz CT molecular complexity index is 1100. The number of hydrogen-bond acceptors (Lipinski definition) is 7. The number of halogens is 1. The van der Waals surface area contributed by atoms with E-state index in [9.17, 15) is 0 Å². The average Bonchev–Trinajstić information content (AvgIpc) is 3.16. The lowest BCUT2D eigenvalue weighted by molar-refractivity contribution is 0.0656. The van der Waals surface area contributed by atoms with Crippen LogP contribution < -0.4 is 16.4 Å². The second kappa shape index (κ2) is 9.44.